The summed E-state index contributed by atoms with van der Waals surface area (Å²) in [6.07, 6.45) is 7.05. The van der Waals surface area contributed by atoms with Crippen LogP contribution in [0.5, 0.6) is 0 Å². The molecule has 2 aliphatic carbocycles. The number of hydrogen-bond donors (Lipinski definition) is 2. The first kappa shape index (κ1) is 17.1. The van der Waals surface area contributed by atoms with Crippen LogP contribution in [0, 0.1) is 6.92 Å². The van der Waals surface area contributed by atoms with Crippen molar-refractivity contribution in [1.29, 1.82) is 0 Å². The van der Waals surface area contributed by atoms with E-state index in [4.69, 9.17) is 0 Å². The third kappa shape index (κ3) is 3.23. The summed E-state index contributed by atoms with van der Waals surface area (Å²) >= 11 is 1.35. The molecule has 2 aromatic rings. The molecule has 2 aromatic heterocycles. The number of aryl methyl sites for hydroxylation is 1. The zero-order valence-electron chi connectivity index (χ0n) is 14.7. The second-order valence-electron chi connectivity index (χ2n) is 7.50. The highest BCUT2D eigenvalue weighted by atomic mass is 32.1. The van der Waals surface area contributed by atoms with Gasteiger partial charge >= 0.3 is 0 Å². The summed E-state index contributed by atoms with van der Waals surface area (Å²) < 4.78 is 0. The van der Waals surface area contributed by atoms with Crippen LogP contribution in [0.2, 0.25) is 0 Å². The Morgan fingerprint density at radius 3 is 2.46 bits per heavy atom. The number of aromatic nitrogens is 2. The van der Waals surface area contributed by atoms with Gasteiger partial charge in [0.25, 0.3) is 11.8 Å². The molecule has 0 saturated heterocycles. The molecule has 2 atom stereocenters. The minimum Gasteiger partial charge on any atom is -0.345 e. The Hall–Kier alpha value is -2.28. The summed E-state index contributed by atoms with van der Waals surface area (Å²) in [4.78, 5) is 33.6. The normalized spacial score (nSPS) is 27.1. The molecule has 0 radical (unpaired) electrons. The Bertz CT molecular complexity index is 838. The lowest BCUT2D eigenvalue weighted by atomic mass is 9.78. The van der Waals surface area contributed by atoms with Crippen LogP contribution in [0.15, 0.2) is 29.8 Å². The molecule has 0 unspecified atom stereocenters. The molecule has 2 N–H and O–H groups in total. The molecule has 6 nitrogen and oxygen atoms in total. The molecule has 136 valence electrons. The predicted octanol–water partition coefficient (Wildman–Crippen LogP) is 2.85. The van der Waals surface area contributed by atoms with Gasteiger partial charge in [-0.2, -0.15) is 0 Å². The quantitative estimate of drug-likeness (QED) is 0.867. The molecule has 2 aliphatic rings. The average Bonchev–Trinajstić information content (AvgIpc) is 3.22. The van der Waals surface area contributed by atoms with Gasteiger partial charge in [0.05, 0.1) is 0 Å². The fraction of sp³-hybridized carbons (Fsp3) is 0.474. The molecule has 7 heteroatoms. The maximum absolute atomic E-state index is 12.7. The van der Waals surface area contributed by atoms with Crippen LogP contribution in [-0.2, 0) is 0 Å². The molecule has 2 amide bonds. The standard InChI is InChI=1S/C19H22N4O2S/c1-13-4-2-5-14(21-13)15(24)22-18-6-3-7-19(12-18,9-8-18)23-16(25)17-20-10-11-26-17/h2,4-5,10-11H,3,6-9,12H2,1H3,(H,22,24)(H,23,25)/t18-,19+/m0/s1. The van der Waals surface area contributed by atoms with Crippen LogP contribution in [0.4, 0.5) is 0 Å². The van der Waals surface area contributed by atoms with E-state index in [0.717, 1.165) is 44.2 Å². The Morgan fingerprint density at radius 1 is 1.08 bits per heavy atom. The third-order valence-corrected chi connectivity index (χ3v) is 6.35. The van der Waals surface area contributed by atoms with Crippen molar-refractivity contribution in [2.45, 2.75) is 56.5 Å². The Labute approximate surface area is 156 Å². The number of rotatable bonds is 4. The Balaban J connectivity index is 1.48. The van der Waals surface area contributed by atoms with Crippen LogP contribution < -0.4 is 10.6 Å². The number of carbonyl (C=O) groups excluding carboxylic acids is 2. The predicted molar refractivity (Wildman–Crippen MR) is 99.2 cm³/mol. The van der Waals surface area contributed by atoms with Crippen molar-refractivity contribution in [3.05, 3.63) is 46.2 Å². The topological polar surface area (TPSA) is 84.0 Å². The van der Waals surface area contributed by atoms with Gasteiger partial charge in [0.1, 0.15) is 5.69 Å². The van der Waals surface area contributed by atoms with Gasteiger partial charge < -0.3 is 10.6 Å². The van der Waals surface area contributed by atoms with Gasteiger partial charge in [-0.1, -0.05) is 6.07 Å². The van der Waals surface area contributed by atoms with Crippen molar-refractivity contribution in [3.8, 4) is 0 Å². The van der Waals surface area contributed by atoms with Gasteiger partial charge in [-0.15, -0.1) is 11.3 Å². The van der Waals surface area contributed by atoms with Crippen molar-refractivity contribution in [3.63, 3.8) is 0 Å². The number of carbonyl (C=O) groups is 2. The lowest BCUT2D eigenvalue weighted by Crippen LogP contribution is -2.55. The molecule has 0 aromatic carbocycles. The smallest absolute Gasteiger partial charge is 0.280 e. The maximum atomic E-state index is 12.7. The summed E-state index contributed by atoms with van der Waals surface area (Å²) in [6, 6.07) is 5.47. The van der Waals surface area contributed by atoms with E-state index in [9.17, 15) is 9.59 Å². The summed E-state index contributed by atoms with van der Waals surface area (Å²) in [5.41, 5.74) is 0.787. The molecule has 2 fully saturated rings. The van der Waals surface area contributed by atoms with Gasteiger partial charge in [-0.05, 0) is 57.6 Å². The van der Waals surface area contributed by atoms with Crippen molar-refractivity contribution < 1.29 is 9.59 Å². The van der Waals surface area contributed by atoms with Crippen LogP contribution in [-0.4, -0.2) is 32.9 Å². The molecule has 0 spiro atoms. The highest BCUT2D eigenvalue weighted by Crippen LogP contribution is 2.48. The van der Waals surface area contributed by atoms with E-state index in [1.54, 1.807) is 12.3 Å². The number of amides is 2. The van der Waals surface area contributed by atoms with E-state index >= 15 is 0 Å². The van der Waals surface area contributed by atoms with Crippen LogP contribution >= 0.6 is 11.3 Å². The zero-order valence-corrected chi connectivity index (χ0v) is 15.6. The van der Waals surface area contributed by atoms with Crippen molar-refractivity contribution in [2.24, 2.45) is 0 Å². The first-order valence-electron chi connectivity index (χ1n) is 8.98. The number of pyridine rings is 1. The Morgan fingerprint density at radius 2 is 1.81 bits per heavy atom. The van der Waals surface area contributed by atoms with Gasteiger partial charge in [-0.25, -0.2) is 9.97 Å². The first-order chi connectivity index (χ1) is 12.5. The minimum absolute atomic E-state index is 0.107. The van der Waals surface area contributed by atoms with Crippen molar-refractivity contribution in [1.82, 2.24) is 20.6 Å². The van der Waals surface area contributed by atoms with Gasteiger partial charge in [0.2, 0.25) is 0 Å². The summed E-state index contributed by atoms with van der Waals surface area (Å²) in [7, 11) is 0. The van der Waals surface area contributed by atoms with E-state index in [2.05, 4.69) is 20.6 Å². The van der Waals surface area contributed by atoms with E-state index in [0.29, 0.717) is 10.7 Å². The van der Waals surface area contributed by atoms with E-state index in [1.165, 1.54) is 11.3 Å². The summed E-state index contributed by atoms with van der Waals surface area (Å²) in [6.45, 7) is 1.88. The Kier molecular flexibility index (Phi) is 4.26. The highest BCUT2D eigenvalue weighted by Gasteiger charge is 2.52. The number of thiazole rings is 1. The SMILES string of the molecule is Cc1cccc(C(=O)N[C@@]23CCC[C@@](NC(=O)c4nccs4)(CC2)C3)n1. The molecular weight excluding hydrogens is 348 g/mol. The molecule has 2 heterocycles. The fourth-order valence-corrected chi connectivity index (χ4v) is 4.97. The minimum atomic E-state index is -0.253. The number of hydrogen-bond acceptors (Lipinski definition) is 5. The second kappa shape index (κ2) is 6.46. The van der Waals surface area contributed by atoms with Crippen molar-refractivity contribution >= 4 is 23.2 Å². The lowest BCUT2D eigenvalue weighted by Gasteiger charge is -2.40. The second-order valence-corrected chi connectivity index (χ2v) is 8.40. The number of fused-ring (bicyclic) bond motifs is 2. The molecule has 2 bridgehead atoms. The van der Waals surface area contributed by atoms with Gasteiger partial charge in [-0.3, -0.25) is 9.59 Å². The average molecular weight is 370 g/mol. The number of nitrogens with one attached hydrogen (secondary N) is 2. The lowest BCUT2D eigenvalue weighted by molar-refractivity contribution is 0.0829. The van der Waals surface area contributed by atoms with Crippen molar-refractivity contribution in [2.75, 3.05) is 0 Å². The van der Waals surface area contributed by atoms with Gasteiger partial charge in [0, 0.05) is 28.3 Å². The molecule has 0 aliphatic heterocycles. The largest absolute Gasteiger partial charge is 0.345 e. The van der Waals surface area contributed by atoms with E-state index < -0.39 is 0 Å². The molecule has 2 saturated carbocycles. The maximum Gasteiger partial charge on any atom is 0.280 e. The zero-order chi connectivity index (χ0) is 18.2. The van der Waals surface area contributed by atoms with E-state index in [-0.39, 0.29) is 22.9 Å². The highest BCUT2D eigenvalue weighted by molar-refractivity contribution is 7.11. The van der Waals surface area contributed by atoms with Crippen LogP contribution in [0.3, 0.4) is 0 Å². The fourth-order valence-electron chi connectivity index (χ4n) is 4.44. The summed E-state index contributed by atoms with van der Waals surface area (Å²) in [5.74, 6) is -0.234. The third-order valence-electron chi connectivity index (χ3n) is 5.57. The summed E-state index contributed by atoms with van der Waals surface area (Å²) in [5, 5.41) is 8.75. The first-order valence-corrected chi connectivity index (χ1v) is 9.86. The molecular formula is C19H22N4O2S. The number of nitrogens with zero attached hydrogens (tertiary/aromatic N) is 2. The monoisotopic (exact) mass is 370 g/mol. The van der Waals surface area contributed by atoms with Crippen LogP contribution in [0.25, 0.3) is 0 Å². The molecule has 26 heavy (non-hydrogen) atoms. The molecule has 4 rings (SSSR count). The van der Waals surface area contributed by atoms with E-state index in [1.807, 2.05) is 24.4 Å². The van der Waals surface area contributed by atoms with Crippen LogP contribution in [0.1, 0.15) is 64.5 Å². The van der Waals surface area contributed by atoms with Gasteiger partial charge in [0.15, 0.2) is 5.01 Å².